The quantitative estimate of drug-likeness (QED) is 0.675. The summed E-state index contributed by atoms with van der Waals surface area (Å²) in [6.07, 6.45) is 6.73. The van der Waals surface area contributed by atoms with Crippen molar-refractivity contribution >= 4 is 6.08 Å². The van der Waals surface area contributed by atoms with E-state index in [-0.39, 0.29) is 0 Å². The molecule has 1 aromatic rings. The average Bonchev–Trinajstić information content (AvgIpc) is 2.69. The lowest BCUT2D eigenvalue weighted by Gasteiger charge is -1.99. The highest BCUT2D eigenvalue weighted by molar-refractivity contribution is 5.42. The molecule has 0 atom stereocenters. The van der Waals surface area contributed by atoms with Crippen molar-refractivity contribution in [1.82, 2.24) is 5.32 Å². The third-order valence-corrected chi connectivity index (χ3v) is 1.79. The molecule has 0 spiro atoms. The zero-order chi connectivity index (χ0) is 10.1. The number of furan rings is 1. The van der Waals surface area contributed by atoms with E-state index in [0.717, 1.165) is 31.9 Å². The van der Waals surface area contributed by atoms with Gasteiger partial charge in [0.25, 0.3) is 0 Å². The Morgan fingerprint density at radius 2 is 2.50 bits per heavy atom. The molecule has 0 aliphatic heterocycles. The van der Waals surface area contributed by atoms with Crippen LogP contribution in [-0.4, -0.2) is 26.8 Å². The molecule has 14 heavy (non-hydrogen) atoms. The maximum absolute atomic E-state index is 5.14. The van der Waals surface area contributed by atoms with Crippen LogP contribution in [0.4, 0.5) is 0 Å². The lowest BCUT2D eigenvalue weighted by Crippen LogP contribution is -2.16. The van der Waals surface area contributed by atoms with E-state index in [2.05, 4.69) is 5.32 Å². The molecule has 0 saturated carbocycles. The van der Waals surface area contributed by atoms with Crippen LogP contribution >= 0.6 is 0 Å². The standard InChI is InChI=1S/C11H17NO2/c1-13-9-4-8-12-7-2-5-11-6-3-10-14-11/h2-3,5-6,10,12H,4,7-9H2,1H3/b5-2+. The molecule has 0 saturated heterocycles. The molecule has 1 N–H and O–H groups in total. The third-order valence-electron chi connectivity index (χ3n) is 1.79. The van der Waals surface area contributed by atoms with Crippen LogP contribution in [0.25, 0.3) is 6.08 Å². The summed E-state index contributed by atoms with van der Waals surface area (Å²) in [5, 5.41) is 3.27. The van der Waals surface area contributed by atoms with Gasteiger partial charge in [0.05, 0.1) is 6.26 Å². The van der Waals surface area contributed by atoms with Crippen LogP contribution in [0.3, 0.4) is 0 Å². The van der Waals surface area contributed by atoms with Crippen molar-refractivity contribution in [3.05, 3.63) is 30.2 Å². The van der Waals surface area contributed by atoms with E-state index in [4.69, 9.17) is 9.15 Å². The molecule has 0 radical (unpaired) electrons. The topological polar surface area (TPSA) is 34.4 Å². The Morgan fingerprint density at radius 1 is 1.57 bits per heavy atom. The van der Waals surface area contributed by atoms with Gasteiger partial charge in [-0.05, 0) is 31.2 Å². The highest BCUT2D eigenvalue weighted by Gasteiger charge is 1.87. The van der Waals surface area contributed by atoms with Crippen LogP contribution in [0, 0.1) is 0 Å². The van der Waals surface area contributed by atoms with Gasteiger partial charge < -0.3 is 14.5 Å². The Morgan fingerprint density at radius 3 is 3.21 bits per heavy atom. The summed E-state index contributed by atoms with van der Waals surface area (Å²) in [4.78, 5) is 0. The molecule has 3 heteroatoms. The molecule has 0 aliphatic rings. The molecular formula is C11H17NO2. The Bertz CT molecular complexity index is 242. The zero-order valence-corrected chi connectivity index (χ0v) is 8.53. The lowest BCUT2D eigenvalue weighted by atomic mass is 10.4. The monoisotopic (exact) mass is 195 g/mol. The molecule has 0 amide bonds. The van der Waals surface area contributed by atoms with Gasteiger partial charge in [0.2, 0.25) is 0 Å². The second-order valence-corrected chi connectivity index (χ2v) is 2.97. The van der Waals surface area contributed by atoms with Gasteiger partial charge in [-0.3, -0.25) is 0 Å². The fourth-order valence-corrected chi connectivity index (χ4v) is 1.09. The second-order valence-electron chi connectivity index (χ2n) is 2.97. The predicted octanol–water partition coefficient (Wildman–Crippen LogP) is 1.92. The van der Waals surface area contributed by atoms with Crippen molar-refractivity contribution in [2.75, 3.05) is 26.8 Å². The van der Waals surface area contributed by atoms with Gasteiger partial charge in [-0.1, -0.05) is 6.08 Å². The summed E-state index contributed by atoms with van der Waals surface area (Å²) < 4.78 is 10.1. The largest absolute Gasteiger partial charge is 0.465 e. The summed E-state index contributed by atoms with van der Waals surface area (Å²) in [7, 11) is 1.72. The number of hydrogen-bond acceptors (Lipinski definition) is 3. The first-order valence-electron chi connectivity index (χ1n) is 4.83. The van der Waals surface area contributed by atoms with Gasteiger partial charge in [-0.2, -0.15) is 0 Å². The fraction of sp³-hybridized carbons (Fsp3) is 0.455. The van der Waals surface area contributed by atoms with Crippen molar-refractivity contribution in [3.8, 4) is 0 Å². The van der Waals surface area contributed by atoms with E-state index in [9.17, 15) is 0 Å². The van der Waals surface area contributed by atoms with Crippen LogP contribution in [-0.2, 0) is 4.74 Å². The van der Waals surface area contributed by atoms with Gasteiger partial charge in [0.1, 0.15) is 5.76 Å². The van der Waals surface area contributed by atoms with Crippen LogP contribution in [0.5, 0.6) is 0 Å². The molecule has 0 aliphatic carbocycles. The molecule has 0 unspecified atom stereocenters. The second kappa shape index (κ2) is 7.35. The molecule has 3 nitrogen and oxygen atoms in total. The fourth-order valence-electron chi connectivity index (χ4n) is 1.09. The van der Waals surface area contributed by atoms with Crippen LogP contribution < -0.4 is 5.32 Å². The van der Waals surface area contributed by atoms with Crippen LogP contribution in [0.1, 0.15) is 12.2 Å². The van der Waals surface area contributed by atoms with E-state index in [1.807, 2.05) is 24.3 Å². The number of methoxy groups -OCH3 is 1. The first-order valence-corrected chi connectivity index (χ1v) is 4.83. The molecule has 1 rings (SSSR count). The average molecular weight is 195 g/mol. The summed E-state index contributed by atoms with van der Waals surface area (Å²) in [6.45, 7) is 2.66. The SMILES string of the molecule is COCCCNC/C=C/c1ccco1. The van der Waals surface area contributed by atoms with Crippen LogP contribution in [0.2, 0.25) is 0 Å². The van der Waals surface area contributed by atoms with E-state index in [1.165, 1.54) is 0 Å². The van der Waals surface area contributed by atoms with Gasteiger partial charge in [-0.15, -0.1) is 0 Å². The normalized spacial score (nSPS) is 11.2. The molecule has 1 aromatic heterocycles. The smallest absolute Gasteiger partial charge is 0.126 e. The van der Waals surface area contributed by atoms with Crippen molar-refractivity contribution in [2.45, 2.75) is 6.42 Å². The maximum Gasteiger partial charge on any atom is 0.126 e. The number of hydrogen-bond donors (Lipinski definition) is 1. The van der Waals surface area contributed by atoms with Crippen molar-refractivity contribution in [1.29, 1.82) is 0 Å². The van der Waals surface area contributed by atoms with Crippen LogP contribution in [0.15, 0.2) is 28.9 Å². The van der Waals surface area contributed by atoms with E-state index in [1.54, 1.807) is 13.4 Å². The predicted molar refractivity (Wildman–Crippen MR) is 57.1 cm³/mol. The minimum absolute atomic E-state index is 0.814. The molecule has 78 valence electrons. The van der Waals surface area contributed by atoms with Crippen molar-refractivity contribution < 1.29 is 9.15 Å². The zero-order valence-electron chi connectivity index (χ0n) is 8.53. The first kappa shape index (κ1) is 11.0. The van der Waals surface area contributed by atoms with Crippen molar-refractivity contribution in [3.63, 3.8) is 0 Å². The Hall–Kier alpha value is -1.06. The summed E-state index contributed by atoms with van der Waals surface area (Å²) in [5.41, 5.74) is 0. The highest BCUT2D eigenvalue weighted by Crippen LogP contribution is 2.01. The van der Waals surface area contributed by atoms with E-state index >= 15 is 0 Å². The van der Waals surface area contributed by atoms with E-state index < -0.39 is 0 Å². The minimum atomic E-state index is 0.814. The first-order chi connectivity index (χ1) is 6.93. The lowest BCUT2D eigenvalue weighted by molar-refractivity contribution is 0.194. The summed E-state index contributed by atoms with van der Waals surface area (Å²) in [6, 6.07) is 3.81. The highest BCUT2D eigenvalue weighted by atomic mass is 16.5. The Labute approximate surface area is 84.8 Å². The number of ether oxygens (including phenoxy) is 1. The van der Waals surface area contributed by atoms with E-state index in [0.29, 0.717) is 0 Å². The molecule has 0 fully saturated rings. The van der Waals surface area contributed by atoms with Gasteiger partial charge >= 0.3 is 0 Å². The molecule has 0 bridgehead atoms. The number of nitrogens with one attached hydrogen (secondary N) is 1. The number of rotatable bonds is 7. The molecule has 1 heterocycles. The van der Waals surface area contributed by atoms with Gasteiger partial charge in [0.15, 0.2) is 0 Å². The Balaban J connectivity index is 1.98. The third kappa shape index (κ3) is 4.84. The summed E-state index contributed by atoms with van der Waals surface area (Å²) in [5.74, 6) is 0.892. The van der Waals surface area contributed by atoms with Gasteiger partial charge in [0, 0.05) is 20.3 Å². The minimum Gasteiger partial charge on any atom is -0.465 e. The molecular weight excluding hydrogens is 178 g/mol. The van der Waals surface area contributed by atoms with Gasteiger partial charge in [-0.25, -0.2) is 0 Å². The Kier molecular flexibility index (Phi) is 5.79. The van der Waals surface area contributed by atoms with Crippen molar-refractivity contribution in [2.24, 2.45) is 0 Å². The molecule has 0 aromatic carbocycles. The summed E-state index contributed by atoms with van der Waals surface area (Å²) >= 11 is 0. The maximum atomic E-state index is 5.14.